The van der Waals surface area contributed by atoms with Gasteiger partial charge in [-0.3, -0.25) is 9.88 Å². The SMILES string of the molecule is CCC1CCN(Cc2cccc(CN)n2)C1. The van der Waals surface area contributed by atoms with Gasteiger partial charge in [-0.1, -0.05) is 19.4 Å². The Bertz CT molecular complexity index is 338. The highest BCUT2D eigenvalue weighted by molar-refractivity contribution is 5.11. The van der Waals surface area contributed by atoms with Crippen molar-refractivity contribution in [2.45, 2.75) is 32.9 Å². The molecule has 3 heteroatoms. The van der Waals surface area contributed by atoms with Gasteiger partial charge in [-0.2, -0.15) is 0 Å². The molecule has 2 rings (SSSR count). The molecule has 88 valence electrons. The lowest BCUT2D eigenvalue weighted by molar-refractivity contribution is 0.311. The second-order valence-corrected chi connectivity index (χ2v) is 4.62. The zero-order chi connectivity index (χ0) is 11.4. The van der Waals surface area contributed by atoms with Gasteiger partial charge in [0.1, 0.15) is 0 Å². The molecule has 0 saturated carbocycles. The van der Waals surface area contributed by atoms with E-state index in [-0.39, 0.29) is 0 Å². The van der Waals surface area contributed by atoms with Crippen molar-refractivity contribution in [3.63, 3.8) is 0 Å². The zero-order valence-corrected chi connectivity index (χ0v) is 10.0. The van der Waals surface area contributed by atoms with Crippen molar-refractivity contribution in [2.24, 2.45) is 11.7 Å². The van der Waals surface area contributed by atoms with E-state index in [0.717, 1.165) is 23.9 Å². The first-order valence-electron chi connectivity index (χ1n) is 6.19. The van der Waals surface area contributed by atoms with Gasteiger partial charge in [0.15, 0.2) is 0 Å². The number of hydrogen-bond acceptors (Lipinski definition) is 3. The lowest BCUT2D eigenvalue weighted by Gasteiger charge is -2.15. The van der Waals surface area contributed by atoms with Crippen LogP contribution in [-0.4, -0.2) is 23.0 Å². The highest BCUT2D eigenvalue weighted by Gasteiger charge is 2.20. The summed E-state index contributed by atoms with van der Waals surface area (Å²) in [5.41, 5.74) is 7.74. The predicted octanol–water partition coefficient (Wildman–Crippen LogP) is 1.77. The molecule has 3 nitrogen and oxygen atoms in total. The van der Waals surface area contributed by atoms with Crippen LogP contribution in [0.15, 0.2) is 18.2 Å². The van der Waals surface area contributed by atoms with Crippen molar-refractivity contribution >= 4 is 0 Å². The van der Waals surface area contributed by atoms with Gasteiger partial charge in [-0.15, -0.1) is 0 Å². The van der Waals surface area contributed by atoms with Crippen molar-refractivity contribution in [3.05, 3.63) is 29.6 Å². The van der Waals surface area contributed by atoms with Crippen molar-refractivity contribution in [1.82, 2.24) is 9.88 Å². The number of aromatic nitrogens is 1. The van der Waals surface area contributed by atoms with Crippen molar-refractivity contribution in [3.8, 4) is 0 Å². The maximum absolute atomic E-state index is 5.59. The Balaban J connectivity index is 1.94. The third kappa shape index (κ3) is 2.80. The van der Waals surface area contributed by atoms with Gasteiger partial charge in [0, 0.05) is 19.6 Å². The second-order valence-electron chi connectivity index (χ2n) is 4.62. The number of likely N-dealkylation sites (tertiary alicyclic amines) is 1. The van der Waals surface area contributed by atoms with Gasteiger partial charge in [0.05, 0.1) is 11.4 Å². The predicted molar refractivity (Wildman–Crippen MR) is 65.8 cm³/mol. The highest BCUT2D eigenvalue weighted by Crippen LogP contribution is 2.20. The molecule has 2 heterocycles. The molecule has 1 unspecified atom stereocenters. The van der Waals surface area contributed by atoms with Crippen LogP contribution in [0, 0.1) is 5.92 Å². The van der Waals surface area contributed by atoms with Crippen LogP contribution in [0.3, 0.4) is 0 Å². The topological polar surface area (TPSA) is 42.1 Å². The molecular weight excluding hydrogens is 198 g/mol. The minimum atomic E-state index is 0.533. The van der Waals surface area contributed by atoms with Gasteiger partial charge < -0.3 is 5.73 Å². The molecule has 2 N–H and O–H groups in total. The Morgan fingerprint density at radius 3 is 2.94 bits per heavy atom. The fourth-order valence-corrected chi connectivity index (χ4v) is 2.35. The van der Waals surface area contributed by atoms with Crippen LogP contribution in [0.2, 0.25) is 0 Å². The Morgan fingerprint density at radius 2 is 2.25 bits per heavy atom. The molecule has 0 aliphatic carbocycles. The van der Waals surface area contributed by atoms with E-state index in [4.69, 9.17) is 5.73 Å². The Kier molecular flexibility index (Phi) is 3.91. The van der Waals surface area contributed by atoms with E-state index in [2.05, 4.69) is 28.9 Å². The fourth-order valence-electron chi connectivity index (χ4n) is 2.35. The lowest BCUT2D eigenvalue weighted by Crippen LogP contribution is -2.21. The van der Waals surface area contributed by atoms with Gasteiger partial charge in [0.25, 0.3) is 0 Å². The maximum atomic E-state index is 5.59. The first kappa shape index (κ1) is 11.6. The summed E-state index contributed by atoms with van der Waals surface area (Å²) >= 11 is 0. The van der Waals surface area contributed by atoms with Crippen LogP contribution in [0.5, 0.6) is 0 Å². The summed E-state index contributed by atoms with van der Waals surface area (Å²) in [6, 6.07) is 6.14. The summed E-state index contributed by atoms with van der Waals surface area (Å²) in [6.07, 6.45) is 2.64. The maximum Gasteiger partial charge on any atom is 0.0547 e. The first-order chi connectivity index (χ1) is 7.81. The normalized spacial score (nSPS) is 21.5. The molecule has 1 aliphatic heterocycles. The van der Waals surface area contributed by atoms with Crippen molar-refractivity contribution < 1.29 is 0 Å². The fraction of sp³-hybridized carbons (Fsp3) is 0.615. The smallest absolute Gasteiger partial charge is 0.0547 e. The lowest BCUT2D eigenvalue weighted by atomic mass is 10.1. The molecule has 0 amide bonds. The number of hydrogen-bond donors (Lipinski definition) is 1. The largest absolute Gasteiger partial charge is 0.325 e. The first-order valence-corrected chi connectivity index (χ1v) is 6.19. The van der Waals surface area contributed by atoms with E-state index in [9.17, 15) is 0 Å². The molecule has 1 aromatic rings. The monoisotopic (exact) mass is 219 g/mol. The summed E-state index contributed by atoms with van der Waals surface area (Å²) in [5, 5.41) is 0. The quantitative estimate of drug-likeness (QED) is 0.839. The van der Waals surface area contributed by atoms with E-state index in [0.29, 0.717) is 6.54 Å². The van der Waals surface area contributed by atoms with E-state index >= 15 is 0 Å². The van der Waals surface area contributed by atoms with Crippen LogP contribution in [0.1, 0.15) is 31.2 Å². The Labute approximate surface area is 97.7 Å². The minimum Gasteiger partial charge on any atom is -0.325 e. The van der Waals surface area contributed by atoms with Crippen LogP contribution in [0.4, 0.5) is 0 Å². The minimum absolute atomic E-state index is 0.533. The van der Waals surface area contributed by atoms with Gasteiger partial charge in [-0.25, -0.2) is 0 Å². The summed E-state index contributed by atoms with van der Waals surface area (Å²) in [7, 11) is 0. The van der Waals surface area contributed by atoms with E-state index < -0.39 is 0 Å². The van der Waals surface area contributed by atoms with E-state index in [1.54, 1.807) is 0 Å². The Hall–Kier alpha value is -0.930. The van der Waals surface area contributed by atoms with Gasteiger partial charge >= 0.3 is 0 Å². The summed E-state index contributed by atoms with van der Waals surface area (Å²) < 4.78 is 0. The molecule has 1 aromatic heterocycles. The number of rotatable bonds is 4. The number of nitrogens with two attached hydrogens (primary N) is 1. The number of nitrogens with zero attached hydrogens (tertiary/aromatic N) is 2. The average molecular weight is 219 g/mol. The molecule has 1 saturated heterocycles. The molecule has 1 fully saturated rings. The molecule has 0 aromatic carbocycles. The van der Waals surface area contributed by atoms with Gasteiger partial charge in [-0.05, 0) is 31.0 Å². The summed E-state index contributed by atoms with van der Waals surface area (Å²) in [6.45, 7) is 6.23. The highest BCUT2D eigenvalue weighted by atomic mass is 15.1. The van der Waals surface area contributed by atoms with Crippen molar-refractivity contribution in [2.75, 3.05) is 13.1 Å². The van der Waals surface area contributed by atoms with E-state index in [1.807, 2.05) is 6.07 Å². The molecular formula is C13H21N3. The Morgan fingerprint density at radius 1 is 1.44 bits per heavy atom. The van der Waals surface area contributed by atoms with Crippen LogP contribution in [-0.2, 0) is 13.1 Å². The molecule has 0 spiro atoms. The third-order valence-electron chi connectivity index (χ3n) is 3.41. The third-order valence-corrected chi connectivity index (χ3v) is 3.41. The van der Waals surface area contributed by atoms with Crippen LogP contribution < -0.4 is 5.73 Å². The molecule has 1 aliphatic rings. The standard InChI is InChI=1S/C13H21N3/c1-2-11-6-7-16(9-11)10-13-5-3-4-12(8-14)15-13/h3-5,11H,2,6-10,14H2,1H3. The molecule has 0 radical (unpaired) electrons. The summed E-state index contributed by atoms with van der Waals surface area (Å²) in [5.74, 6) is 0.887. The van der Waals surface area contributed by atoms with Crippen LogP contribution in [0.25, 0.3) is 0 Å². The average Bonchev–Trinajstić information content (AvgIpc) is 2.77. The van der Waals surface area contributed by atoms with Crippen LogP contribution >= 0.6 is 0 Å². The van der Waals surface area contributed by atoms with Gasteiger partial charge in [0.2, 0.25) is 0 Å². The van der Waals surface area contributed by atoms with E-state index in [1.165, 1.54) is 25.9 Å². The second kappa shape index (κ2) is 5.41. The molecule has 0 bridgehead atoms. The molecule has 16 heavy (non-hydrogen) atoms. The number of pyridine rings is 1. The molecule has 1 atom stereocenters. The zero-order valence-electron chi connectivity index (χ0n) is 10.0. The summed E-state index contributed by atoms with van der Waals surface area (Å²) in [4.78, 5) is 7.04. The van der Waals surface area contributed by atoms with Crippen molar-refractivity contribution in [1.29, 1.82) is 0 Å².